The van der Waals surface area contributed by atoms with Crippen molar-refractivity contribution in [1.82, 2.24) is 14.8 Å². The van der Waals surface area contributed by atoms with Gasteiger partial charge < -0.3 is 9.30 Å². The predicted molar refractivity (Wildman–Crippen MR) is 136 cm³/mol. The van der Waals surface area contributed by atoms with Gasteiger partial charge in [-0.2, -0.15) is 0 Å². The summed E-state index contributed by atoms with van der Waals surface area (Å²) in [6, 6.07) is 18.9. The molecule has 0 aliphatic carbocycles. The van der Waals surface area contributed by atoms with Crippen molar-refractivity contribution >= 4 is 38.2 Å². The lowest BCUT2D eigenvalue weighted by molar-refractivity contribution is 0.415. The molecule has 0 fully saturated rings. The molecule has 0 bridgehead atoms. The second kappa shape index (κ2) is 8.96. The van der Waals surface area contributed by atoms with Crippen LogP contribution in [0.25, 0.3) is 22.2 Å². The maximum atomic E-state index is 13.2. The van der Waals surface area contributed by atoms with E-state index in [-0.39, 0.29) is 0 Å². The molecule has 0 N–H and O–H groups in total. The molecule has 0 saturated heterocycles. The van der Waals surface area contributed by atoms with Gasteiger partial charge in [-0.05, 0) is 47.7 Å². The van der Waals surface area contributed by atoms with Crippen LogP contribution in [0.3, 0.4) is 0 Å². The Bertz CT molecular complexity index is 1440. The zero-order valence-electron chi connectivity index (χ0n) is 19.3. The number of sulfonamides is 1. The Morgan fingerprint density at radius 3 is 2.44 bits per heavy atom. The van der Waals surface area contributed by atoms with Gasteiger partial charge in [-0.15, -0.1) is 10.2 Å². The lowest BCUT2D eigenvalue weighted by Gasteiger charge is -2.18. The summed E-state index contributed by atoms with van der Waals surface area (Å²) in [7, 11) is -1.92. The number of methoxy groups -OCH3 is 1. The first-order chi connectivity index (χ1) is 16.4. The van der Waals surface area contributed by atoms with Crippen LogP contribution in [0.15, 0.2) is 70.7 Å². The Kier molecular flexibility index (Phi) is 5.99. The van der Waals surface area contributed by atoms with Crippen molar-refractivity contribution in [1.29, 1.82) is 0 Å². The summed E-state index contributed by atoms with van der Waals surface area (Å²) in [5, 5.41) is 11.4. The highest BCUT2D eigenvalue weighted by molar-refractivity contribution is 7.99. The summed E-state index contributed by atoms with van der Waals surface area (Å²) in [6.45, 7) is 5.43. The molecular weight excluding hydrogens is 468 g/mol. The molecule has 1 aromatic heterocycles. The van der Waals surface area contributed by atoms with Crippen LogP contribution >= 0.6 is 11.8 Å². The summed E-state index contributed by atoms with van der Waals surface area (Å²) < 4.78 is 35.4. The fourth-order valence-electron chi connectivity index (χ4n) is 4.30. The van der Waals surface area contributed by atoms with E-state index in [1.807, 2.05) is 48.5 Å². The van der Waals surface area contributed by atoms with Crippen LogP contribution in [0.5, 0.6) is 5.75 Å². The van der Waals surface area contributed by atoms with Crippen LogP contribution < -0.4 is 9.04 Å². The first-order valence-corrected chi connectivity index (χ1v) is 13.6. The topological polar surface area (TPSA) is 77.3 Å². The Hall–Kier alpha value is -3.04. The van der Waals surface area contributed by atoms with E-state index < -0.39 is 10.0 Å². The van der Waals surface area contributed by atoms with Gasteiger partial charge in [0.1, 0.15) is 5.75 Å². The third-order valence-electron chi connectivity index (χ3n) is 5.82. The zero-order chi connectivity index (χ0) is 23.9. The number of anilines is 1. The van der Waals surface area contributed by atoms with Crippen molar-refractivity contribution in [3.05, 3.63) is 60.7 Å². The number of ether oxygens (including phenoxy) is 1. The van der Waals surface area contributed by atoms with Gasteiger partial charge in [0, 0.05) is 29.8 Å². The van der Waals surface area contributed by atoms with Crippen molar-refractivity contribution in [2.24, 2.45) is 5.92 Å². The molecule has 0 spiro atoms. The van der Waals surface area contributed by atoms with E-state index in [1.165, 1.54) is 16.1 Å². The van der Waals surface area contributed by atoms with Gasteiger partial charge in [-0.3, -0.25) is 4.31 Å². The van der Waals surface area contributed by atoms with Crippen molar-refractivity contribution in [2.45, 2.75) is 30.4 Å². The highest BCUT2D eigenvalue weighted by Gasteiger charge is 2.35. The zero-order valence-corrected chi connectivity index (χ0v) is 20.9. The first kappa shape index (κ1) is 22.7. The molecule has 176 valence electrons. The molecule has 4 aromatic rings. The van der Waals surface area contributed by atoms with Gasteiger partial charge in [-0.1, -0.05) is 49.9 Å². The van der Waals surface area contributed by atoms with Gasteiger partial charge in [0.15, 0.2) is 11.0 Å². The number of aromatic nitrogens is 3. The molecule has 34 heavy (non-hydrogen) atoms. The van der Waals surface area contributed by atoms with E-state index in [0.717, 1.165) is 45.3 Å². The van der Waals surface area contributed by atoms with Gasteiger partial charge in [0.05, 0.1) is 17.7 Å². The van der Waals surface area contributed by atoms with E-state index in [4.69, 9.17) is 4.74 Å². The fourth-order valence-corrected chi connectivity index (χ4v) is 7.00. The van der Waals surface area contributed by atoms with E-state index in [0.29, 0.717) is 23.1 Å². The smallest absolute Gasteiger partial charge is 0.265 e. The molecule has 0 radical (unpaired) electrons. The molecule has 9 heteroatoms. The van der Waals surface area contributed by atoms with E-state index in [2.05, 4.69) is 28.6 Å². The fraction of sp³-hybridized carbons (Fsp3) is 0.280. The van der Waals surface area contributed by atoms with Crippen LogP contribution in [-0.4, -0.2) is 42.6 Å². The summed E-state index contributed by atoms with van der Waals surface area (Å²) in [6.07, 6.45) is 0. The monoisotopic (exact) mass is 494 g/mol. The van der Waals surface area contributed by atoms with E-state index in [1.54, 1.807) is 19.2 Å². The average Bonchev–Trinajstić information content (AvgIpc) is 3.31. The normalized spacial score (nSPS) is 14.3. The quantitative estimate of drug-likeness (QED) is 0.319. The van der Waals surface area contributed by atoms with Gasteiger partial charge >= 0.3 is 0 Å². The van der Waals surface area contributed by atoms with Crippen molar-refractivity contribution in [2.75, 3.05) is 23.7 Å². The number of hydrogen-bond donors (Lipinski definition) is 0. The first-order valence-electron chi connectivity index (χ1n) is 11.1. The van der Waals surface area contributed by atoms with Crippen LogP contribution in [-0.2, 0) is 16.6 Å². The summed E-state index contributed by atoms with van der Waals surface area (Å²) in [5.41, 5.74) is 1.71. The number of rotatable bonds is 8. The van der Waals surface area contributed by atoms with Crippen LogP contribution in [0.2, 0.25) is 0 Å². The molecule has 5 rings (SSSR count). The van der Waals surface area contributed by atoms with Crippen LogP contribution in [0, 0.1) is 5.92 Å². The van der Waals surface area contributed by atoms with E-state index in [9.17, 15) is 8.42 Å². The molecule has 7 nitrogen and oxygen atoms in total. The standard InChI is InChI=1S/C25H26N4O3S2/c1-17(2)16-28-24(19-10-12-20(32-3)13-11-19)26-27-25(28)33-15-14-29-21-8-4-6-18-7-5-9-22(23(18)21)34(29,30)31/h4-13,17H,14-16H2,1-3H3. The summed E-state index contributed by atoms with van der Waals surface area (Å²) in [4.78, 5) is 0.385. The molecule has 1 aliphatic rings. The minimum absolute atomic E-state index is 0.354. The molecule has 0 unspecified atom stereocenters. The molecule has 1 aliphatic heterocycles. The Balaban J connectivity index is 1.39. The predicted octanol–water partition coefficient (Wildman–Crippen LogP) is 5.06. The average molecular weight is 495 g/mol. The van der Waals surface area contributed by atoms with Gasteiger partial charge in [0.2, 0.25) is 0 Å². The number of thioether (sulfide) groups is 1. The maximum absolute atomic E-state index is 13.2. The largest absolute Gasteiger partial charge is 0.497 e. The number of hydrogen-bond acceptors (Lipinski definition) is 6. The lowest BCUT2D eigenvalue weighted by Crippen LogP contribution is -2.29. The minimum Gasteiger partial charge on any atom is -0.497 e. The van der Waals surface area contributed by atoms with Gasteiger partial charge in [0.25, 0.3) is 10.0 Å². The van der Waals surface area contributed by atoms with Gasteiger partial charge in [-0.25, -0.2) is 8.42 Å². The summed E-state index contributed by atoms with van der Waals surface area (Å²) in [5.74, 6) is 2.54. The molecular formula is C25H26N4O3S2. The van der Waals surface area contributed by atoms with E-state index >= 15 is 0 Å². The van der Waals surface area contributed by atoms with Crippen molar-refractivity contribution in [3.63, 3.8) is 0 Å². The molecule has 0 atom stereocenters. The maximum Gasteiger partial charge on any atom is 0.265 e. The number of nitrogens with zero attached hydrogens (tertiary/aromatic N) is 4. The van der Waals surface area contributed by atoms with Crippen molar-refractivity contribution < 1.29 is 13.2 Å². The minimum atomic E-state index is -3.56. The lowest BCUT2D eigenvalue weighted by atomic mass is 10.1. The SMILES string of the molecule is COc1ccc(-c2nnc(SCCN3c4cccc5cccc(c45)S3(=O)=O)n2CC(C)C)cc1. The van der Waals surface area contributed by atoms with Crippen LogP contribution in [0.1, 0.15) is 13.8 Å². The van der Waals surface area contributed by atoms with Crippen molar-refractivity contribution in [3.8, 4) is 17.1 Å². The Morgan fingerprint density at radius 2 is 1.74 bits per heavy atom. The number of benzene rings is 3. The third kappa shape index (κ3) is 3.92. The highest BCUT2D eigenvalue weighted by Crippen LogP contribution is 2.42. The molecule has 0 amide bonds. The molecule has 2 heterocycles. The highest BCUT2D eigenvalue weighted by atomic mass is 32.2. The van der Waals surface area contributed by atoms with Crippen LogP contribution in [0.4, 0.5) is 5.69 Å². The molecule has 0 saturated carbocycles. The second-order valence-corrected chi connectivity index (χ2v) is 11.5. The summed E-state index contributed by atoms with van der Waals surface area (Å²) >= 11 is 1.53. The molecule has 3 aromatic carbocycles. The second-order valence-electron chi connectivity index (χ2n) is 8.60. The third-order valence-corrected chi connectivity index (χ3v) is 8.62. The Labute approximate surface area is 203 Å². The Morgan fingerprint density at radius 1 is 1.00 bits per heavy atom.